The maximum Gasteiger partial charge on any atom is 0.153 e. The second-order valence-corrected chi connectivity index (χ2v) is 4.72. The predicted octanol–water partition coefficient (Wildman–Crippen LogP) is 3.15. The summed E-state index contributed by atoms with van der Waals surface area (Å²) >= 11 is 7.51. The summed E-state index contributed by atoms with van der Waals surface area (Å²) in [6.45, 7) is 0. The Bertz CT molecular complexity index is 690. The molecule has 0 radical (unpaired) electrons. The number of aromatic nitrogens is 3. The minimum atomic E-state index is 0.299. The number of thiophene rings is 1. The highest BCUT2D eigenvalue weighted by molar-refractivity contribution is 7.13. The lowest BCUT2D eigenvalue weighted by Crippen LogP contribution is -1.87. The molecule has 0 fully saturated rings. The largest absolute Gasteiger partial charge is 0.330 e. The van der Waals surface area contributed by atoms with Gasteiger partial charge in [0, 0.05) is 0 Å². The fourth-order valence-electron chi connectivity index (χ4n) is 1.73. The van der Waals surface area contributed by atoms with Crippen LogP contribution in [0.3, 0.4) is 0 Å². The molecule has 3 aromatic rings. The molecule has 0 aliphatic rings. The Labute approximate surface area is 105 Å². The number of hydrogen-bond acceptors (Lipinski definition) is 4. The van der Waals surface area contributed by atoms with Crippen LogP contribution in [0.2, 0.25) is 5.15 Å². The number of carbonyl (C=O) groups is 1. The number of nitrogens with zero attached hydrogens (tertiary/aromatic N) is 2. The van der Waals surface area contributed by atoms with Crippen molar-refractivity contribution < 1.29 is 4.79 Å². The van der Waals surface area contributed by atoms with E-state index in [0.717, 1.165) is 16.9 Å². The van der Waals surface area contributed by atoms with Gasteiger partial charge in [-0.2, -0.15) is 0 Å². The van der Waals surface area contributed by atoms with Gasteiger partial charge in [0.05, 0.1) is 21.5 Å². The van der Waals surface area contributed by atoms with E-state index in [2.05, 4.69) is 15.0 Å². The van der Waals surface area contributed by atoms with Gasteiger partial charge in [-0.3, -0.25) is 4.79 Å². The number of H-pyrrole nitrogens is 1. The standard InChI is InChI=1S/C11H6ClN3OS/c12-10-6(4-16)8-9(7-2-1-3-17-7)13-5-14-11(8)15-10/h1-5H,(H,13,14,15). The number of halogens is 1. The Morgan fingerprint density at radius 1 is 1.41 bits per heavy atom. The summed E-state index contributed by atoms with van der Waals surface area (Å²) in [5.74, 6) is 0. The average molecular weight is 264 g/mol. The molecule has 6 heteroatoms. The summed E-state index contributed by atoms with van der Waals surface area (Å²) in [4.78, 5) is 23.2. The van der Waals surface area contributed by atoms with Crippen molar-refractivity contribution in [3.05, 3.63) is 34.6 Å². The fourth-order valence-corrected chi connectivity index (χ4v) is 2.68. The molecule has 0 bridgehead atoms. The van der Waals surface area contributed by atoms with Crippen molar-refractivity contribution >= 4 is 40.3 Å². The Morgan fingerprint density at radius 2 is 2.29 bits per heavy atom. The van der Waals surface area contributed by atoms with Gasteiger partial charge in [0.2, 0.25) is 0 Å². The summed E-state index contributed by atoms with van der Waals surface area (Å²) in [5.41, 5.74) is 1.72. The second-order valence-electron chi connectivity index (χ2n) is 3.39. The van der Waals surface area contributed by atoms with Crippen molar-refractivity contribution in [3.8, 4) is 10.6 Å². The normalized spacial score (nSPS) is 10.9. The SMILES string of the molecule is O=Cc1c(Cl)[nH]c2ncnc(-c3cccs3)c12. The molecule has 0 amide bonds. The Morgan fingerprint density at radius 3 is 3.00 bits per heavy atom. The van der Waals surface area contributed by atoms with Crippen LogP contribution in [0.25, 0.3) is 21.6 Å². The molecule has 3 rings (SSSR count). The van der Waals surface area contributed by atoms with E-state index in [-0.39, 0.29) is 0 Å². The van der Waals surface area contributed by atoms with Crippen LogP contribution < -0.4 is 0 Å². The average Bonchev–Trinajstić information content (AvgIpc) is 2.93. The van der Waals surface area contributed by atoms with Crippen LogP contribution in [-0.2, 0) is 0 Å². The number of carbonyl (C=O) groups excluding carboxylic acids is 1. The van der Waals surface area contributed by atoms with Crippen molar-refractivity contribution in [2.24, 2.45) is 0 Å². The first-order valence-corrected chi connectivity index (χ1v) is 6.08. The van der Waals surface area contributed by atoms with Gasteiger partial charge >= 0.3 is 0 Å². The Kier molecular flexibility index (Phi) is 2.42. The monoisotopic (exact) mass is 263 g/mol. The quantitative estimate of drug-likeness (QED) is 0.723. The molecule has 0 saturated heterocycles. The molecule has 0 spiro atoms. The number of aldehydes is 1. The molecule has 0 aliphatic carbocycles. The summed E-state index contributed by atoms with van der Waals surface area (Å²) in [6.07, 6.45) is 2.18. The lowest BCUT2D eigenvalue weighted by atomic mass is 10.2. The lowest BCUT2D eigenvalue weighted by Gasteiger charge is -1.98. The second kappa shape index (κ2) is 3.94. The van der Waals surface area contributed by atoms with E-state index in [9.17, 15) is 4.79 Å². The molecule has 84 valence electrons. The summed E-state index contributed by atoms with van der Waals surface area (Å²) in [7, 11) is 0. The third kappa shape index (κ3) is 1.55. The van der Waals surface area contributed by atoms with Crippen molar-refractivity contribution in [3.63, 3.8) is 0 Å². The highest BCUT2D eigenvalue weighted by Gasteiger charge is 2.16. The third-order valence-electron chi connectivity index (χ3n) is 2.45. The van der Waals surface area contributed by atoms with Gasteiger partial charge in [-0.15, -0.1) is 11.3 Å². The summed E-state index contributed by atoms with van der Waals surface area (Å²) < 4.78 is 0. The van der Waals surface area contributed by atoms with Crippen molar-refractivity contribution in [1.29, 1.82) is 0 Å². The molecule has 0 aromatic carbocycles. The van der Waals surface area contributed by atoms with Crippen molar-refractivity contribution in [2.75, 3.05) is 0 Å². The topological polar surface area (TPSA) is 58.6 Å². The molecule has 3 heterocycles. The van der Waals surface area contributed by atoms with Gasteiger partial charge in [0.25, 0.3) is 0 Å². The molecule has 0 saturated carbocycles. The van der Waals surface area contributed by atoms with Gasteiger partial charge in [0.15, 0.2) is 6.29 Å². The minimum absolute atomic E-state index is 0.299. The van der Waals surface area contributed by atoms with E-state index >= 15 is 0 Å². The zero-order valence-corrected chi connectivity index (χ0v) is 10.0. The molecule has 0 unspecified atom stereocenters. The van der Waals surface area contributed by atoms with Crippen LogP contribution in [0.5, 0.6) is 0 Å². The molecule has 3 aromatic heterocycles. The number of fused-ring (bicyclic) bond motifs is 1. The zero-order valence-electron chi connectivity index (χ0n) is 8.48. The molecule has 17 heavy (non-hydrogen) atoms. The van der Waals surface area contributed by atoms with Gasteiger partial charge in [-0.25, -0.2) is 9.97 Å². The first-order chi connectivity index (χ1) is 8.31. The fraction of sp³-hybridized carbons (Fsp3) is 0. The van der Waals surface area contributed by atoms with E-state index < -0.39 is 0 Å². The molecular formula is C11H6ClN3OS. The highest BCUT2D eigenvalue weighted by atomic mass is 35.5. The van der Waals surface area contributed by atoms with Crippen LogP contribution >= 0.6 is 22.9 Å². The van der Waals surface area contributed by atoms with E-state index in [1.807, 2.05) is 17.5 Å². The van der Waals surface area contributed by atoms with Crippen LogP contribution in [-0.4, -0.2) is 21.2 Å². The molecular weight excluding hydrogens is 258 g/mol. The molecule has 0 atom stereocenters. The van der Waals surface area contributed by atoms with Gasteiger partial charge < -0.3 is 4.98 Å². The van der Waals surface area contributed by atoms with Crippen LogP contribution in [0.4, 0.5) is 0 Å². The maximum absolute atomic E-state index is 11.1. The number of hydrogen-bond donors (Lipinski definition) is 1. The van der Waals surface area contributed by atoms with Gasteiger partial charge in [0.1, 0.15) is 17.1 Å². The van der Waals surface area contributed by atoms with Gasteiger partial charge in [-0.05, 0) is 11.4 Å². The Balaban J connectivity index is 2.43. The molecule has 1 N–H and O–H groups in total. The zero-order chi connectivity index (χ0) is 11.8. The first kappa shape index (κ1) is 10.4. The van der Waals surface area contributed by atoms with E-state index in [1.165, 1.54) is 6.33 Å². The predicted molar refractivity (Wildman–Crippen MR) is 67.6 cm³/mol. The number of aromatic amines is 1. The van der Waals surface area contributed by atoms with Gasteiger partial charge in [-0.1, -0.05) is 17.7 Å². The number of nitrogens with one attached hydrogen (secondary N) is 1. The minimum Gasteiger partial charge on any atom is -0.330 e. The van der Waals surface area contributed by atoms with Crippen LogP contribution in [0.15, 0.2) is 23.8 Å². The third-order valence-corrected chi connectivity index (χ3v) is 3.63. The van der Waals surface area contributed by atoms with Crippen LogP contribution in [0, 0.1) is 0 Å². The van der Waals surface area contributed by atoms with E-state index in [0.29, 0.717) is 21.7 Å². The maximum atomic E-state index is 11.1. The molecule has 0 aliphatic heterocycles. The first-order valence-electron chi connectivity index (χ1n) is 4.82. The van der Waals surface area contributed by atoms with Crippen molar-refractivity contribution in [2.45, 2.75) is 0 Å². The summed E-state index contributed by atoms with van der Waals surface area (Å²) in [6, 6.07) is 3.88. The van der Waals surface area contributed by atoms with Crippen molar-refractivity contribution in [1.82, 2.24) is 15.0 Å². The lowest BCUT2D eigenvalue weighted by molar-refractivity contribution is 0.112. The highest BCUT2D eigenvalue weighted by Crippen LogP contribution is 2.33. The molecule has 4 nitrogen and oxygen atoms in total. The smallest absolute Gasteiger partial charge is 0.153 e. The van der Waals surface area contributed by atoms with E-state index in [1.54, 1.807) is 11.3 Å². The van der Waals surface area contributed by atoms with Crippen LogP contribution in [0.1, 0.15) is 10.4 Å². The number of rotatable bonds is 2. The summed E-state index contributed by atoms with van der Waals surface area (Å²) in [5, 5.41) is 2.93. The Hall–Kier alpha value is -1.72. The van der Waals surface area contributed by atoms with E-state index in [4.69, 9.17) is 11.6 Å².